The van der Waals surface area contributed by atoms with Crippen LogP contribution in [0.5, 0.6) is 0 Å². The minimum Gasteiger partial charge on any atom is -0.480 e. The van der Waals surface area contributed by atoms with Crippen LogP contribution in [0.4, 0.5) is 10.5 Å². The predicted octanol–water partition coefficient (Wildman–Crippen LogP) is 3.52. The van der Waals surface area contributed by atoms with Crippen molar-refractivity contribution in [2.45, 2.75) is 39.2 Å². The van der Waals surface area contributed by atoms with Gasteiger partial charge in [0.15, 0.2) is 0 Å². The molecule has 0 aliphatic heterocycles. The van der Waals surface area contributed by atoms with E-state index in [-0.39, 0.29) is 0 Å². The first-order valence-corrected chi connectivity index (χ1v) is 7.29. The highest BCUT2D eigenvalue weighted by Crippen LogP contribution is 2.23. The van der Waals surface area contributed by atoms with E-state index in [4.69, 9.17) is 5.11 Å². The van der Waals surface area contributed by atoms with Gasteiger partial charge < -0.3 is 15.7 Å². The number of anilines is 1. The number of aryl methyl sites for hydroxylation is 1. The highest BCUT2D eigenvalue weighted by atomic mass is 79.9. The monoisotopic (exact) mass is 342 g/mol. The SMILES string of the molecule is CCCC[C@H](NC(=O)Nc1ccc(C)cc1Br)C(=O)O. The zero-order valence-corrected chi connectivity index (χ0v) is 13.2. The van der Waals surface area contributed by atoms with Crippen molar-refractivity contribution in [3.05, 3.63) is 28.2 Å². The average Bonchev–Trinajstić information content (AvgIpc) is 2.37. The van der Waals surface area contributed by atoms with E-state index in [0.29, 0.717) is 12.1 Å². The predicted molar refractivity (Wildman–Crippen MR) is 82.0 cm³/mol. The van der Waals surface area contributed by atoms with Crippen molar-refractivity contribution in [1.29, 1.82) is 0 Å². The number of halogens is 1. The number of amides is 2. The summed E-state index contributed by atoms with van der Waals surface area (Å²) in [7, 11) is 0. The molecule has 20 heavy (non-hydrogen) atoms. The molecule has 5 nitrogen and oxygen atoms in total. The van der Waals surface area contributed by atoms with Gasteiger partial charge in [-0.25, -0.2) is 9.59 Å². The van der Waals surface area contributed by atoms with Crippen LogP contribution in [0.2, 0.25) is 0 Å². The van der Waals surface area contributed by atoms with Gasteiger partial charge in [0.05, 0.1) is 5.69 Å². The summed E-state index contributed by atoms with van der Waals surface area (Å²) < 4.78 is 0.757. The molecule has 0 fully saturated rings. The van der Waals surface area contributed by atoms with Crippen molar-refractivity contribution in [2.24, 2.45) is 0 Å². The normalized spacial score (nSPS) is 11.8. The molecule has 0 heterocycles. The largest absolute Gasteiger partial charge is 0.480 e. The molecule has 1 aromatic rings. The lowest BCUT2D eigenvalue weighted by Gasteiger charge is -2.15. The molecule has 6 heteroatoms. The van der Waals surface area contributed by atoms with Crippen LogP contribution in [0.1, 0.15) is 31.7 Å². The third-order valence-electron chi connectivity index (χ3n) is 2.82. The van der Waals surface area contributed by atoms with Crippen LogP contribution in [-0.4, -0.2) is 23.1 Å². The molecule has 0 aliphatic carbocycles. The number of urea groups is 1. The van der Waals surface area contributed by atoms with Crippen molar-refractivity contribution < 1.29 is 14.7 Å². The van der Waals surface area contributed by atoms with Gasteiger partial charge in [-0.2, -0.15) is 0 Å². The van der Waals surface area contributed by atoms with Crippen LogP contribution in [0.15, 0.2) is 22.7 Å². The number of hydrogen-bond acceptors (Lipinski definition) is 2. The van der Waals surface area contributed by atoms with Gasteiger partial charge in [0.2, 0.25) is 0 Å². The average molecular weight is 343 g/mol. The molecule has 0 saturated heterocycles. The molecule has 1 aromatic carbocycles. The van der Waals surface area contributed by atoms with Crippen LogP contribution in [0.3, 0.4) is 0 Å². The van der Waals surface area contributed by atoms with Crippen molar-refractivity contribution in [1.82, 2.24) is 5.32 Å². The first-order chi connectivity index (χ1) is 9.43. The minimum absolute atomic E-state index is 0.425. The van der Waals surface area contributed by atoms with Crippen LogP contribution >= 0.6 is 15.9 Å². The van der Waals surface area contributed by atoms with Crippen molar-refractivity contribution in [3.63, 3.8) is 0 Å². The maximum absolute atomic E-state index is 11.8. The van der Waals surface area contributed by atoms with Crippen LogP contribution < -0.4 is 10.6 Å². The molecule has 1 rings (SSSR count). The summed E-state index contributed by atoms with van der Waals surface area (Å²) in [6.07, 6.45) is 2.07. The molecule has 1 atom stereocenters. The van der Waals surface area contributed by atoms with Crippen LogP contribution in [0.25, 0.3) is 0 Å². The fourth-order valence-corrected chi connectivity index (χ4v) is 2.30. The molecule has 2 amide bonds. The van der Waals surface area contributed by atoms with Gasteiger partial charge >= 0.3 is 12.0 Å². The van der Waals surface area contributed by atoms with E-state index in [1.165, 1.54) is 0 Å². The Hall–Kier alpha value is -1.56. The van der Waals surface area contributed by atoms with Gasteiger partial charge in [0.1, 0.15) is 6.04 Å². The number of aliphatic carboxylic acids is 1. The molecule has 110 valence electrons. The van der Waals surface area contributed by atoms with Gasteiger partial charge in [-0.05, 0) is 47.0 Å². The maximum Gasteiger partial charge on any atom is 0.326 e. The lowest BCUT2D eigenvalue weighted by molar-refractivity contribution is -0.139. The summed E-state index contributed by atoms with van der Waals surface area (Å²) in [5.41, 5.74) is 1.67. The van der Waals surface area contributed by atoms with E-state index < -0.39 is 18.0 Å². The third kappa shape index (κ3) is 5.21. The highest BCUT2D eigenvalue weighted by Gasteiger charge is 2.19. The Labute approximate surface area is 126 Å². The molecule has 0 bridgehead atoms. The molecule has 0 radical (unpaired) electrons. The summed E-state index contributed by atoms with van der Waals surface area (Å²) >= 11 is 3.35. The zero-order chi connectivity index (χ0) is 15.1. The molecule has 0 aromatic heterocycles. The molecule has 3 N–H and O–H groups in total. The Morgan fingerprint density at radius 2 is 2.10 bits per heavy atom. The number of hydrogen-bond donors (Lipinski definition) is 3. The van der Waals surface area contributed by atoms with Gasteiger partial charge in [0, 0.05) is 4.47 Å². The van der Waals surface area contributed by atoms with Crippen molar-refractivity contribution in [3.8, 4) is 0 Å². The second-order valence-electron chi connectivity index (χ2n) is 4.61. The minimum atomic E-state index is -1.02. The van der Waals surface area contributed by atoms with E-state index in [1.54, 1.807) is 6.07 Å². The van der Waals surface area contributed by atoms with Crippen LogP contribution in [0, 0.1) is 6.92 Å². The number of carbonyl (C=O) groups is 2. The second kappa shape index (κ2) is 7.89. The Kier molecular flexibility index (Phi) is 6.51. The van der Waals surface area contributed by atoms with E-state index in [2.05, 4.69) is 26.6 Å². The summed E-state index contributed by atoms with van der Waals surface area (Å²) in [5.74, 6) is -1.02. The Balaban J connectivity index is 2.63. The van der Waals surface area contributed by atoms with E-state index in [0.717, 1.165) is 22.9 Å². The molecule has 0 unspecified atom stereocenters. The van der Waals surface area contributed by atoms with Crippen molar-refractivity contribution >= 4 is 33.6 Å². The first kappa shape index (κ1) is 16.5. The van der Waals surface area contributed by atoms with Gasteiger partial charge in [-0.3, -0.25) is 0 Å². The second-order valence-corrected chi connectivity index (χ2v) is 5.47. The van der Waals surface area contributed by atoms with E-state index in [9.17, 15) is 9.59 Å². The topological polar surface area (TPSA) is 78.4 Å². The van der Waals surface area contributed by atoms with Gasteiger partial charge in [-0.15, -0.1) is 0 Å². The fourth-order valence-electron chi connectivity index (χ4n) is 1.70. The number of carbonyl (C=O) groups excluding carboxylic acids is 1. The quantitative estimate of drug-likeness (QED) is 0.739. The number of carboxylic acids is 1. The zero-order valence-electron chi connectivity index (χ0n) is 11.6. The molecular weight excluding hydrogens is 324 g/mol. The number of nitrogens with one attached hydrogen (secondary N) is 2. The summed E-state index contributed by atoms with van der Waals surface area (Å²) in [6.45, 7) is 3.92. The van der Waals surface area contributed by atoms with Gasteiger partial charge in [0.25, 0.3) is 0 Å². The third-order valence-corrected chi connectivity index (χ3v) is 3.48. The number of unbranched alkanes of at least 4 members (excludes halogenated alkanes) is 1. The Bertz CT molecular complexity index is 491. The molecular formula is C14H19BrN2O3. The first-order valence-electron chi connectivity index (χ1n) is 6.50. The highest BCUT2D eigenvalue weighted by molar-refractivity contribution is 9.10. The standard InChI is InChI=1S/C14H19BrN2O3/c1-3-4-5-12(13(18)19)17-14(20)16-11-7-6-9(2)8-10(11)15/h6-8,12H,3-5H2,1-2H3,(H,18,19)(H2,16,17,20)/t12-/m0/s1. The van der Waals surface area contributed by atoms with E-state index in [1.807, 2.05) is 26.0 Å². The Morgan fingerprint density at radius 1 is 1.40 bits per heavy atom. The maximum atomic E-state index is 11.8. The molecule has 0 aliphatic rings. The number of carboxylic acid groups (broad SMARTS) is 1. The number of benzene rings is 1. The van der Waals surface area contributed by atoms with Crippen LogP contribution in [-0.2, 0) is 4.79 Å². The summed E-state index contributed by atoms with van der Waals surface area (Å²) in [6, 6.07) is 4.13. The molecule has 0 spiro atoms. The summed E-state index contributed by atoms with van der Waals surface area (Å²) in [4.78, 5) is 22.9. The smallest absolute Gasteiger partial charge is 0.326 e. The lowest BCUT2D eigenvalue weighted by atomic mass is 10.1. The number of rotatable bonds is 6. The van der Waals surface area contributed by atoms with Gasteiger partial charge in [-0.1, -0.05) is 25.8 Å². The lowest BCUT2D eigenvalue weighted by Crippen LogP contribution is -2.43. The summed E-state index contributed by atoms with van der Waals surface area (Å²) in [5, 5.41) is 14.2. The fraction of sp³-hybridized carbons (Fsp3) is 0.429. The Morgan fingerprint density at radius 3 is 2.65 bits per heavy atom. The van der Waals surface area contributed by atoms with Crippen molar-refractivity contribution in [2.75, 3.05) is 5.32 Å². The van der Waals surface area contributed by atoms with E-state index >= 15 is 0 Å². The molecule has 0 saturated carbocycles.